The fraction of sp³-hybridized carbons (Fsp3) is 0.526. The molecule has 1 aromatic heterocycles. The van der Waals surface area contributed by atoms with Crippen LogP contribution >= 0.6 is 0 Å². The Labute approximate surface area is 139 Å². The minimum atomic E-state index is -0.397. The topological polar surface area (TPSA) is 76.0 Å². The normalized spacial score (nSPS) is 33.9. The van der Waals surface area contributed by atoms with Crippen LogP contribution in [0.5, 0.6) is 0 Å². The van der Waals surface area contributed by atoms with E-state index in [4.69, 9.17) is 0 Å². The van der Waals surface area contributed by atoms with E-state index in [-0.39, 0.29) is 11.1 Å². The average molecular weight is 324 g/mol. The third-order valence-electron chi connectivity index (χ3n) is 6.72. The number of fused-ring (bicyclic) bond motifs is 1. The molecule has 4 bridgehead atoms. The molecule has 0 spiro atoms. The van der Waals surface area contributed by atoms with Gasteiger partial charge in [0.25, 0.3) is 5.69 Å². The highest BCUT2D eigenvalue weighted by Gasteiger charge is 2.53. The van der Waals surface area contributed by atoms with E-state index >= 15 is 0 Å². The molecule has 124 valence electrons. The quantitative estimate of drug-likeness (QED) is 0.518. The maximum Gasteiger partial charge on any atom is 0.270 e. The summed E-state index contributed by atoms with van der Waals surface area (Å²) in [7, 11) is 0. The fourth-order valence-corrected chi connectivity index (χ4v) is 6.27. The van der Waals surface area contributed by atoms with E-state index < -0.39 is 4.92 Å². The van der Waals surface area contributed by atoms with Gasteiger partial charge in [0.2, 0.25) is 0 Å². The summed E-state index contributed by atoms with van der Waals surface area (Å²) in [5.74, 6) is 2.37. The lowest BCUT2D eigenvalue weighted by Crippen LogP contribution is -2.49. The first-order valence-electron chi connectivity index (χ1n) is 8.84. The predicted molar refractivity (Wildman–Crippen MR) is 90.2 cm³/mol. The molecule has 0 amide bonds. The molecule has 4 aliphatic rings. The Bertz CT molecular complexity index is 832. The molecule has 0 aliphatic heterocycles. The summed E-state index contributed by atoms with van der Waals surface area (Å²) < 4.78 is 0. The van der Waals surface area contributed by atoms with Gasteiger partial charge in [0.15, 0.2) is 6.29 Å². The van der Waals surface area contributed by atoms with Crippen molar-refractivity contribution in [3.8, 4) is 0 Å². The van der Waals surface area contributed by atoms with Gasteiger partial charge in [-0.3, -0.25) is 14.9 Å². The van der Waals surface area contributed by atoms with Crippen LogP contribution < -0.4 is 0 Å². The Morgan fingerprint density at radius 3 is 2.29 bits per heavy atom. The minimum absolute atomic E-state index is 0.0432. The molecule has 5 nitrogen and oxygen atoms in total. The Balaban J connectivity index is 1.69. The molecular weight excluding hydrogens is 304 g/mol. The SMILES string of the molecule is O=Cc1c(C23CC4CC(CC(C4)C2)C3)[nH]c2ccc([N+](=O)[O-])cc12. The summed E-state index contributed by atoms with van der Waals surface area (Å²) in [6.07, 6.45) is 8.43. The second kappa shape index (κ2) is 4.68. The van der Waals surface area contributed by atoms with E-state index in [2.05, 4.69) is 4.98 Å². The molecule has 0 unspecified atom stereocenters. The second-order valence-corrected chi connectivity index (χ2v) is 8.22. The number of H-pyrrole nitrogens is 1. The van der Waals surface area contributed by atoms with Crippen LogP contribution in [0.4, 0.5) is 5.69 Å². The minimum Gasteiger partial charge on any atom is -0.357 e. The van der Waals surface area contributed by atoms with Crippen LogP contribution in [0.1, 0.15) is 54.6 Å². The number of rotatable bonds is 3. The number of aromatic nitrogens is 1. The number of non-ortho nitro benzene ring substituents is 1. The number of aromatic amines is 1. The summed E-state index contributed by atoms with van der Waals surface area (Å²) in [4.78, 5) is 26.1. The molecule has 4 fully saturated rings. The predicted octanol–water partition coefficient (Wildman–Crippen LogP) is 4.36. The summed E-state index contributed by atoms with van der Waals surface area (Å²) in [6.45, 7) is 0. The molecular formula is C19H20N2O3. The zero-order valence-corrected chi connectivity index (χ0v) is 13.5. The van der Waals surface area contributed by atoms with E-state index in [1.807, 2.05) is 0 Å². The summed E-state index contributed by atoms with van der Waals surface area (Å²) in [5, 5.41) is 11.8. The lowest BCUT2D eigenvalue weighted by Gasteiger charge is -2.56. The number of nitro groups is 1. The average Bonchev–Trinajstić information content (AvgIpc) is 2.92. The molecule has 24 heavy (non-hydrogen) atoms. The number of nitrogens with one attached hydrogen (secondary N) is 1. The molecule has 4 saturated carbocycles. The third-order valence-corrected chi connectivity index (χ3v) is 6.72. The summed E-state index contributed by atoms with van der Waals surface area (Å²) >= 11 is 0. The van der Waals surface area contributed by atoms with Crippen molar-refractivity contribution in [1.82, 2.24) is 4.98 Å². The maximum absolute atomic E-state index is 11.9. The van der Waals surface area contributed by atoms with E-state index in [0.29, 0.717) is 10.9 Å². The van der Waals surface area contributed by atoms with Gasteiger partial charge in [-0.05, 0) is 62.3 Å². The molecule has 2 aromatic rings. The number of aldehydes is 1. The first kappa shape index (κ1) is 14.2. The van der Waals surface area contributed by atoms with Crippen molar-refractivity contribution in [1.29, 1.82) is 0 Å². The standard InChI is InChI=1S/C19H20N2O3/c22-10-16-15-6-14(21(23)24)1-2-17(15)20-18(16)19-7-11-3-12(8-19)5-13(4-11)9-19/h1-2,6,10-13,20H,3-5,7-9H2. The van der Waals surface area contributed by atoms with Gasteiger partial charge in [0.05, 0.1) is 4.92 Å². The molecule has 6 rings (SSSR count). The number of hydrogen-bond acceptors (Lipinski definition) is 3. The molecule has 0 radical (unpaired) electrons. The van der Waals surface area contributed by atoms with Gasteiger partial charge < -0.3 is 4.98 Å². The number of nitrogens with zero attached hydrogens (tertiary/aromatic N) is 1. The second-order valence-electron chi connectivity index (χ2n) is 8.22. The Morgan fingerprint density at radius 1 is 1.12 bits per heavy atom. The van der Waals surface area contributed by atoms with Crippen molar-refractivity contribution >= 4 is 22.9 Å². The van der Waals surface area contributed by atoms with E-state index in [1.54, 1.807) is 12.1 Å². The highest BCUT2D eigenvalue weighted by atomic mass is 16.6. The van der Waals surface area contributed by atoms with Crippen LogP contribution in [0.3, 0.4) is 0 Å². The van der Waals surface area contributed by atoms with Crippen LogP contribution in [-0.2, 0) is 5.41 Å². The highest BCUT2D eigenvalue weighted by molar-refractivity contribution is 6.00. The first-order chi connectivity index (χ1) is 11.6. The Morgan fingerprint density at radius 2 is 1.75 bits per heavy atom. The van der Waals surface area contributed by atoms with Gasteiger partial charge >= 0.3 is 0 Å². The smallest absolute Gasteiger partial charge is 0.270 e. The molecule has 0 saturated heterocycles. The van der Waals surface area contributed by atoms with E-state index in [0.717, 1.165) is 54.5 Å². The Kier molecular flexibility index (Phi) is 2.77. The van der Waals surface area contributed by atoms with Crippen LogP contribution in [0.2, 0.25) is 0 Å². The number of benzene rings is 1. The van der Waals surface area contributed by atoms with Crippen LogP contribution in [0.15, 0.2) is 18.2 Å². The molecule has 5 heteroatoms. The van der Waals surface area contributed by atoms with Crippen molar-refractivity contribution in [2.24, 2.45) is 17.8 Å². The lowest BCUT2D eigenvalue weighted by atomic mass is 9.48. The molecule has 1 N–H and O–H groups in total. The monoisotopic (exact) mass is 324 g/mol. The fourth-order valence-electron chi connectivity index (χ4n) is 6.27. The van der Waals surface area contributed by atoms with Crippen molar-refractivity contribution in [2.75, 3.05) is 0 Å². The summed E-state index contributed by atoms with van der Waals surface area (Å²) in [6, 6.07) is 4.79. The van der Waals surface area contributed by atoms with Crippen LogP contribution in [-0.4, -0.2) is 16.2 Å². The van der Waals surface area contributed by atoms with Gasteiger partial charge in [-0.2, -0.15) is 0 Å². The van der Waals surface area contributed by atoms with Crippen molar-refractivity contribution < 1.29 is 9.72 Å². The van der Waals surface area contributed by atoms with E-state index in [9.17, 15) is 14.9 Å². The Hall–Kier alpha value is -2.17. The van der Waals surface area contributed by atoms with Crippen molar-refractivity contribution in [3.05, 3.63) is 39.6 Å². The maximum atomic E-state index is 11.9. The van der Waals surface area contributed by atoms with Crippen LogP contribution in [0.25, 0.3) is 10.9 Å². The zero-order valence-electron chi connectivity index (χ0n) is 13.5. The highest BCUT2D eigenvalue weighted by Crippen LogP contribution is 2.61. The van der Waals surface area contributed by atoms with Gasteiger partial charge in [-0.15, -0.1) is 0 Å². The van der Waals surface area contributed by atoms with E-state index in [1.165, 1.54) is 25.3 Å². The zero-order chi connectivity index (χ0) is 16.5. The van der Waals surface area contributed by atoms with Gasteiger partial charge in [-0.25, -0.2) is 0 Å². The molecule has 1 heterocycles. The molecule has 4 aliphatic carbocycles. The largest absolute Gasteiger partial charge is 0.357 e. The van der Waals surface area contributed by atoms with Gasteiger partial charge in [0, 0.05) is 39.7 Å². The number of carbonyl (C=O) groups excluding carboxylic acids is 1. The summed E-state index contributed by atoms with van der Waals surface area (Å²) in [5.41, 5.74) is 2.66. The number of carbonyl (C=O) groups is 1. The number of nitro benzene ring substituents is 1. The van der Waals surface area contributed by atoms with Gasteiger partial charge in [-0.1, -0.05) is 0 Å². The van der Waals surface area contributed by atoms with Crippen LogP contribution in [0, 0.1) is 27.9 Å². The molecule has 0 atom stereocenters. The molecule has 1 aromatic carbocycles. The van der Waals surface area contributed by atoms with Gasteiger partial charge in [0.1, 0.15) is 0 Å². The first-order valence-corrected chi connectivity index (χ1v) is 8.84. The third kappa shape index (κ3) is 1.84. The van der Waals surface area contributed by atoms with Crippen molar-refractivity contribution in [3.63, 3.8) is 0 Å². The lowest BCUT2D eigenvalue weighted by molar-refractivity contribution is -0.384. The van der Waals surface area contributed by atoms with Crippen molar-refractivity contribution in [2.45, 2.75) is 43.9 Å². The number of hydrogen-bond donors (Lipinski definition) is 1.